The Hall–Kier alpha value is -1.08. The third kappa shape index (κ3) is 15.2. The highest BCUT2D eigenvalue weighted by Gasteiger charge is 2.41. The van der Waals surface area contributed by atoms with E-state index in [-0.39, 0.29) is 6.42 Å². The zero-order chi connectivity index (χ0) is 27.2. The molecule has 0 aliphatic carbocycles. The Kier molecular flexibility index (Phi) is 20.0. The van der Waals surface area contributed by atoms with Crippen LogP contribution in [0.5, 0.6) is 5.75 Å². The van der Waals surface area contributed by atoms with Gasteiger partial charge < -0.3 is 10.2 Å². The predicted octanol–water partition coefficient (Wildman–Crippen LogP) is 10.1. The molecule has 0 aromatic heterocycles. The Morgan fingerprint density at radius 3 is 1.46 bits per heavy atom. The number of carboxylic acids is 1. The Labute approximate surface area is 230 Å². The van der Waals surface area contributed by atoms with E-state index < -0.39 is 13.2 Å². The third-order valence-electron chi connectivity index (χ3n) is 8.00. The molecule has 3 nitrogen and oxygen atoms in total. The predicted molar refractivity (Wildman–Crippen MR) is 165 cm³/mol. The van der Waals surface area contributed by atoms with Gasteiger partial charge in [-0.15, -0.1) is 0 Å². The molecule has 0 atom stereocenters. The van der Waals surface area contributed by atoms with Gasteiger partial charge in [0.1, 0.15) is 5.30 Å². The molecule has 1 aromatic rings. The number of aromatic hydroxyl groups is 1. The van der Waals surface area contributed by atoms with E-state index in [4.69, 9.17) is 0 Å². The van der Waals surface area contributed by atoms with Gasteiger partial charge in [0, 0.05) is 6.42 Å². The topological polar surface area (TPSA) is 57.5 Å². The van der Waals surface area contributed by atoms with Gasteiger partial charge in [0.05, 0.1) is 25.7 Å². The largest absolute Gasteiger partial charge is 0.504 e. The number of carbonyl (C=O) groups is 1. The summed E-state index contributed by atoms with van der Waals surface area (Å²) in [5.74, 6) is -0.280. The van der Waals surface area contributed by atoms with Crippen molar-refractivity contribution < 1.29 is 15.0 Å². The number of phenolic OH excluding ortho intramolecular Hbond substituents is 1. The zero-order valence-corrected chi connectivity index (χ0v) is 25.6. The van der Waals surface area contributed by atoms with Crippen LogP contribution in [0.25, 0.3) is 0 Å². The van der Waals surface area contributed by atoms with Gasteiger partial charge in [-0.05, 0) is 62.6 Å². The molecule has 214 valence electrons. The van der Waals surface area contributed by atoms with Crippen molar-refractivity contribution in [3.05, 3.63) is 23.8 Å². The number of hydrogen-bond acceptors (Lipinski definition) is 2. The first kappa shape index (κ1) is 33.9. The summed E-state index contributed by atoms with van der Waals surface area (Å²) in [4.78, 5) is 11.2. The first-order chi connectivity index (χ1) is 18.0. The van der Waals surface area contributed by atoms with Crippen molar-refractivity contribution >= 4 is 18.5 Å². The summed E-state index contributed by atoms with van der Waals surface area (Å²) in [7, 11) is -1.52. The minimum atomic E-state index is -1.52. The van der Waals surface area contributed by atoms with Crippen LogP contribution in [-0.2, 0) is 11.2 Å². The van der Waals surface area contributed by atoms with Gasteiger partial charge in [0.25, 0.3) is 0 Å². The second kappa shape index (κ2) is 21.8. The lowest BCUT2D eigenvalue weighted by molar-refractivity contribution is -0.136. The van der Waals surface area contributed by atoms with Crippen LogP contribution < -0.4 is 5.30 Å². The number of unbranched alkanes of at least 4 members (excludes halogenated alkanes) is 15. The van der Waals surface area contributed by atoms with E-state index >= 15 is 0 Å². The van der Waals surface area contributed by atoms with Crippen molar-refractivity contribution in [1.29, 1.82) is 0 Å². The molecule has 0 saturated carbocycles. The lowest BCUT2D eigenvalue weighted by Gasteiger charge is -2.29. The van der Waals surface area contributed by atoms with Crippen LogP contribution in [0.3, 0.4) is 0 Å². The SMILES string of the molecule is CCCCCCCC[P+](CCCCCCCC)(CCCCCCCC)c1cc(CCC(=O)O)ccc1O. The second-order valence-corrected chi connectivity index (χ2v) is 15.4. The quantitative estimate of drug-likeness (QED) is 0.0967. The van der Waals surface area contributed by atoms with Gasteiger partial charge in [-0.2, -0.15) is 0 Å². The normalized spacial score (nSPS) is 11.8. The molecule has 0 fully saturated rings. The second-order valence-electron chi connectivity index (χ2n) is 11.3. The first-order valence-corrected chi connectivity index (χ1v) is 18.2. The Balaban J connectivity index is 3.10. The molecular weight excluding hydrogens is 475 g/mol. The van der Waals surface area contributed by atoms with Gasteiger partial charge in [0.2, 0.25) is 0 Å². The summed E-state index contributed by atoms with van der Waals surface area (Å²) in [6.07, 6.45) is 28.0. The van der Waals surface area contributed by atoms with Crippen molar-refractivity contribution in [2.75, 3.05) is 18.5 Å². The molecule has 0 unspecified atom stereocenters. The van der Waals surface area contributed by atoms with Crippen LogP contribution in [0.15, 0.2) is 18.2 Å². The van der Waals surface area contributed by atoms with E-state index in [2.05, 4.69) is 26.8 Å². The van der Waals surface area contributed by atoms with E-state index in [1.165, 1.54) is 139 Å². The highest BCUT2D eigenvalue weighted by molar-refractivity contribution is 7.83. The summed E-state index contributed by atoms with van der Waals surface area (Å²) in [6, 6.07) is 6.03. The number of aryl methyl sites for hydroxylation is 1. The van der Waals surface area contributed by atoms with Gasteiger partial charge >= 0.3 is 5.97 Å². The Bertz CT molecular complexity index is 662. The molecular formula is C33H60O3P+. The van der Waals surface area contributed by atoms with Crippen molar-refractivity contribution in [1.82, 2.24) is 0 Å². The minimum Gasteiger partial charge on any atom is -0.504 e. The van der Waals surface area contributed by atoms with E-state index in [1.54, 1.807) is 0 Å². The average Bonchev–Trinajstić information content (AvgIpc) is 2.89. The molecule has 0 aliphatic heterocycles. The molecule has 1 rings (SSSR count). The molecule has 4 heteroatoms. The summed E-state index contributed by atoms with van der Waals surface area (Å²) < 4.78 is 0. The third-order valence-corrected chi connectivity index (χ3v) is 12.9. The minimum absolute atomic E-state index is 0.155. The van der Waals surface area contributed by atoms with Crippen molar-refractivity contribution in [2.45, 2.75) is 149 Å². The molecule has 0 amide bonds. The molecule has 0 heterocycles. The van der Waals surface area contributed by atoms with Crippen LogP contribution in [-0.4, -0.2) is 34.7 Å². The standard InChI is InChI=1S/C33H59O3P/c1-4-7-10-13-16-19-26-37(27-20-17-14-11-8-5-2,28-21-18-15-12-9-6-3)32-29-30(22-24-31(32)34)23-25-33(35)36/h22,24,29H,4-21,23,25-28H2,1-3H3,(H-,34,35,36)/p+1. The van der Waals surface area contributed by atoms with Gasteiger partial charge in [0.15, 0.2) is 5.75 Å². The lowest BCUT2D eigenvalue weighted by Crippen LogP contribution is -2.22. The fourth-order valence-electron chi connectivity index (χ4n) is 5.64. The van der Waals surface area contributed by atoms with Crippen LogP contribution >= 0.6 is 7.26 Å². The van der Waals surface area contributed by atoms with E-state index in [1.807, 2.05) is 12.1 Å². The smallest absolute Gasteiger partial charge is 0.303 e. The summed E-state index contributed by atoms with van der Waals surface area (Å²) in [6.45, 7) is 6.83. The first-order valence-electron chi connectivity index (χ1n) is 15.9. The van der Waals surface area contributed by atoms with Gasteiger partial charge in [-0.1, -0.05) is 104 Å². The molecule has 37 heavy (non-hydrogen) atoms. The van der Waals surface area contributed by atoms with Crippen LogP contribution in [0.2, 0.25) is 0 Å². The molecule has 1 aromatic carbocycles. The molecule has 0 radical (unpaired) electrons. The van der Waals surface area contributed by atoms with E-state index in [0.717, 1.165) is 5.56 Å². The van der Waals surface area contributed by atoms with E-state index in [0.29, 0.717) is 12.2 Å². The molecule has 2 N–H and O–H groups in total. The van der Waals surface area contributed by atoms with Crippen molar-refractivity contribution in [3.63, 3.8) is 0 Å². The van der Waals surface area contributed by atoms with Crippen molar-refractivity contribution in [3.8, 4) is 5.75 Å². The monoisotopic (exact) mass is 535 g/mol. The number of phenols is 1. The highest BCUT2D eigenvalue weighted by Crippen LogP contribution is 2.61. The van der Waals surface area contributed by atoms with Crippen LogP contribution in [0, 0.1) is 0 Å². The van der Waals surface area contributed by atoms with Gasteiger partial charge in [-0.3, -0.25) is 4.79 Å². The van der Waals surface area contributed by atoms with E-state index in [9.17, 15) is 15.0 Å². The Morgan fingerprint density at radius 2 is 1.05 bits per heavy atom. The number of hydrogen-bond donors (Lipinski definition) is 2. The number of benzene rings is 1. The van der Waals surface area contributed by atoms with Crippen LogP contribution in [0.4, 0.5) is 0 Å². The number of carboxylic acid groups (broad SMARTS) is 1. The Morgan fingerprint density at radius 1 is 0.649 bits per heavy atom. The van der Waals surface area contributed by atoms with Gasteiger partial charge in [-0.25, -0.2) is 0 Å². The zero-order valence-electron chi connectivity index (χ0n) is 24.7. The summed E-state index contributed by atoms with van der Waals surface area (Å²) >= 11 is 0. The molecule has 0 bridgehead atoms. The summed E-state index contributed by atoms with van der Waals surface area (Å²) in [5, 5.41) is 21.6. The molecule has 0 aliphatic rings. The fourth-order valence-corrected chi connectivity index (χ4v) is 10.5. The number of rotatable bonds is 25. The fraction of sp³-hybridized carbons (Fsp3) is 0.788. The van der Waals surface area contributed by atoms with Crippen molar-refractivity contribution in [2.24, 2.45) is 0 Å². The maximum absolute atomic E-state index is 11.2. The molecule has 0 spiro atoms. The van der Waals surface area contributed by atoms with Crippen LogP contribution in [0.1, 0.15) is 148 Å². The average molecular weight is 536 g/mol. The summed E-state index contributed by atoms with van der Waals surface area (Å²) in [5.41, 5.74) is 1.08. The maximum Gasteiger partial charge on any atom is 0.303 e. The lowest BCUT2D eigenvalue weighted by atomic mass is 10.1. The maximum atomic E-state index is 11.2. The number of aliphatic carboxylic acids is 1. The highest BCUT2D eigenvalue weighted by atomic mass is 31.2. The molecule has 0 saturated heterocycles.